The van der Waals surface area contributed by atoms with E-state index in [1.54, 1.807) is 11.8 Å². The number of amides is 1. The lowest BCUT2D eigenvalue weighted by atomic mass is 10.1. The molecule has 0 radical (unpaired) electrons. The third-order valence-corrected chi connectivity index (χ3v) is 3.56. The fraction of sp³-hybridized carbons (Fsp3) is 0.462. The minimum absolute atomic E-state index is 0.237. The van der Waals surface area contributed by atoms with Crippen LogP contribution < -0.4 is 5.32 Å². The van der Waals surface area contributed by atoms with Crippen LogP contribution in [-0.4, -0.2) is 18.7 Å². The van der Waals surface area contributed by atoms with Gasteiger partial charge in [-0.15, -0.1) is 11.8 Å². The molecule has 0 spiro atoms. The first kappa shape index (κ1) is 11.5. The average Bonchev–Trinajstić information content (AvgIpc) is 3.14. The normalized spacial score (nSPS) is 14.8. The molecule has 1 aromatic carbocycles. The fourth-order valence-corrected chi connectivity index (χ4v) is 2.02. The zero-order chi connectivity index (χ0) is 11.4. The molecule has 86 valence electrons. The second kappa shape index (κ2) is 5.39. The smallest absolute Gasteiger partial charge is 0.223 e. The maximum Gasteiger partial charge on any atom is 0.223 e. The van der Waals surface area contributed by atoms with Gasteiger partial charge in [0.15, 0.2) is 0 Å². The predicted molar refractivity (Wildman–Crippen MR) is 67.7 cm³/mol. The summed E-state index contributed by atoms with van der Waals surface area (Å²) < 4.78 is 0. The molecule has 0 atom stereocenters. The quantitative estimate of drug-likeness (QED) is 0.794. The fourth-order valence-electron chi connectivity index (χ4n) is 1.61. The number of hydrogen-bond acceptors (Lipinski definition) is 2. The molecule has 16 heavy (non-hydrogen) atoms. The average molecular weight is 235 g/mol. The molecule has 1 saturated carbocycles. The van der Waals surface area contributed by atoms with Crippen molar-refractivity contribution in [2.75, 3.05) is 12.8 Å². The van der Waals surface area contributed by atoms with Gasteiger partial charge in [-0.1, -0.05) is 12.1 Å². The number of rotatable bonds is 5. The van der Waals surface area contributed by atoms with Crippen molar-refractivity contribution in [2.24, 2.45) is 5.92 Å². The summed E-state index contributed by atoms with van der Waals surface area (Å²) in [4.78, 5) is 12.7. The van der Waals surface area contributed by atoms with E-state index in [4.69, 9.17) is 0 Å². The first-order valence-corrected chi connectivity index (χ1v) is 6.92. The van der Waals surface area contributed by atoms with E-state index in [0.717, 1.165) is 25.8 Å². The van der Waals surface area contributed by atoms with E-state index in [2.05, 4.69) is 35.8 Å². The summed E-state index contributed by atoms with van der Waals surface area (Å²) in [6.45, 7) is 0.758. The second-order valence-corrected chi connectivity index (χ2v) is 5.04. The second-order valence-electron chi connectivity index (χ2n) is 4.16. The highest BCUT2D eigenvalue weighted by Gasteiger charge is 2.28. The lowest BCUT2D eigenvalue weighted by molar-refractivity contribution is -0.122. The monoisotopic (exact) mass is 235 g/mol. The molecule has 0 heterocycles. The van der Waals surface area contributed by atoms with Crippen molar-refractivity contribution in [1.82, 2.24) is 5.32 Å². The minimum Gasteiger partial charge on any atom is -0.356 e. The van der Waals surface area contributed by atoms with Gasteiger partial charge in [-0.2, -0.15) is 0 Å². The van der Waals surface area contributed by atoms with E-state index >= 15 is 0 Å². The standard InChI is InChI=1S/C13H17NOS/c1-16-12-6-2-10(3-7-12)8-9-14-13(15)11-4-5-11/h2-3,6-7,11H,4-5,8-9H2,1H3,(H,14,15). The van der Waals surface area contributed by atoms with Gasteiger partial charge >= 0.3 is 0 Å². The Balaban J connectivity index is 1.73. The summed E-state index contributed by atoms with van der Waals surface area (Å²) >= 11 is 1.75. The Morgan fingerprint density at radius 2 is 2.06 bits per heavy atom. The predicted octanol–water partition coefficient (Wildman–Crippen LogP) is 2.48. The first-order chi connectivity index (χ1) is 7.79. The van der Waals surface area contributed by atoms with Gasteiger partial charge in [0.1, 0.15) is 0 Å². The molecular weight excluding hydrogens is 218 g/mol. The van der Waals surface area contributed by atoms with Gasteiger partial charge in [-0.25, -0.2) is 0 Å². The van der Waals surface area contributed by atoms with Crippen LogP contribution in [0.2, 0.25) is 0 Å². The van der Waals surface area contributed by atoms with Crippen molar-refractivity contribution in [3.63, 3.8) is 0 Å². The van der Waals surface area contributed by atoms with Crippen molar-refractivity contribution < 1.29 is 4.79 Å². The third kappa shape index (κ3) is 3.27. The van der Waals surface area contributed by atoms with E-state index in [0.29, 0.717) is 5.92 Å². The van der Waals surface area contributed by atoms with Crippen LogP contribution in [0.15, 0.2) is 29.2 Å². The molecule has 1 aliphatic rings. The maximum atomic E-state index is 11.4. The number of thioether (sulfide) groups is 1. The van der Waals surface area contributed by atoms with E-state index in [9.17, 15) is 4.79 Å². The Morgan fingerprint density at radius 1 is 1.38 bits per heavy atom. The lowest BCUT2D eigenvalue weighted by Gasteiger charge is -2.04. The van der Waals surface area contributed by atoms with Crippen LogP contribution in [0, 0.1) is 5.92 Å². The lowest BCUT2D eigenvalue weighted by Crippen LogP contribution is -2.26. The number of nitrogens with one attached hydrogen (secondary N) is 1. The van der Waals surface area contributed by atoms with Gasteiger partial charge in [0.05, 0.1) is 0 Å². The molecule has 1 aromatic rings. The first-order valence-electron chi connectivity index (χ1n) is 5.70. The van der Waals surface area contributed by atoms with Gasteiger partial charge in [-0.3, -0.25) is 4.79 Å². The molecule has 1 fully saturated rings. The topological polar surface area (TPSA) is 29.1 Å². The highest BCUT2D eigenvalue weighted by molar-refractivity contribution is 7.98. The Kier molecular flexibility index (Phi) is 3.88. The van der Waals surface area contributed by atoms with E-state index in [1.165, 1.54) is 10.5 Å². The van der Waals surface area contributed by atoms with Crippen LogP contribution in [-0.2, 0) is 11.2 Å². The minimum atomic E-state index is 0.237. The number of hydrogen-bond donors (Lipinski definition) is 1. The summed E-state index contributed by atoms with van der Waals surface area (Å²) in [7, 11) is 0. The highest BCUT2D eigenvalue weighted by Crippen LogP contribution is 2.28. The van der Waals surface area contributed by atoms with Crippen LogP contribution >= 0.6 is 11.8 Å². The van der Waals surface area contributed by atoms with Crippen LogP contribution in [0.5, 0.6) is 0 Å². The Bertz CT molecular complexity index is 357. The molecule has 0 unspecified atom stereocenters. The van der Waals surface area contributed by atoms with E-state index in [1.807, 2.05) is 0 Å². The largest absolute Gasteiger partial charge is 0.356 e. The Morgan fingerprint density at radius 3 is 2.62 bits per heavy atom. The third-order valence-electron chi connectivity index (χ3n) is 2.82. The molecule has 0 saturated heterocycles. The number of carbonyl (C=O) groups excluding carboxylic acids is 1. The Hall–Kier alpha value is -0.960. The van der Waals surface area contributed by atoms with Gasteiger partial charge in [0.2, 0.25) is 5.91 Å². The molecule has 2 rings (SSSR count). The molecule has 3 heteroatoms. The van der Waals surface area contributed by atoms with Gasteiger partial charge in [0.25, 0.3) is 0 Å². The van der Waals surface area contributed by atoms with Crippen molar-refractivity contribution in [1.29, 1.82) is 0 Å². The van der Waals surface area contributed by atoms with Crippen molar-refractivity contribution in [3.05, 3.63) is 29.8 Å². The van der Waals surface area contributed by atoms with Gasteiger partial charge in [0, 0.05) is 17.4 Å². The zero-order valence-electron chi connectivity index (χ0n) is 9.53. The van der Waals surface area contributed by atoms with Crippen LogP contribution in [0.25, 0.3) is 0 Å². The molecule has 1 N–H and O–H groups in total. The number of benzene rings is 1. The van der Waals surface area contributed by atoms with Crippen LogP contribution in [0.3, 0.4) is 0 Å². The van der Waals surface area contributed by atoms with E-state index in [-0.39, 0.29) is 5.91 Å². The van der Waals surface area contributed by atoms with Crippen molar-refractivity contribution in [2.45, 2.75) is 24.2 Å². The van der Waals surface area contributed by atoms with E-state index < -0.39 is 0 Å². The molecule has 0 bridgehead atoms. The van der Waals surface area contributed by atoms with Crippen LogP contribution in [0.1, 0.15) is 18.4 Å². The zero-order valence-corrected chi connectivity index (χ0v) is 10.3. The molecular formula is C13H17NOS. The van der Waals surface area contributed by atoms with Gasteiger partial charge < -0.3 is 5.32 Å². The summed E-state index contributed by atoms with van der Waals surface area (Å²) in [5.74, 6) is 0.555. The summed E-state index contributed by atoms with van der Waals surface area (Å²) in [6.07, 6.45) is 5.15. The summed E-state index contributed by atoms with van der Waals surface area (Å²) in [5.41, 5.74) is 1.29. The molecule has 0 aliphatic heterocycles. The molecule has 1 amide bonds. The van der Waals surface area contributed by atoms with Gasteiger partial charge in [-0.05, 0) is 43.2 Å². The van der Waals surface area contributed by atoms with Crippen molar-refractivity contribution in [3.8, 4) is 0 Å². The van der Waals surface area contributed by atoms with Crippen LogP contribution in [0.4, 0.5) is 0 Å². The SMILES string of the molecule is CSc1ccc(CCNC(=O)C2CC2)cc1. The molecule has 2 nitrogen and oxygen atoms in total. The Labute approximate surface area is 101 Å². The molecule has 1 aliphatic carbocycles. The van der Waals surface area contributed by atoms with Crippen molar-refractivity contribution >= 4 is 17.7 Å². The number of carbonyl (C=O) groups is 1. The molecule has 0 aromatic heterocycles. The summed E-state index contributed by atoms with van der Waals surface area (Å²) in [5, 5.41) is 2.98. The summed E-state index contributed by atoms with van der Waals surface area (Å²) in [6, 6.07) is 8.52. The maximum absolute atomic E-state index is 11.4. The highest BCUT2D eigenvalue weighted by atomic mass is 32.2.